The standard InChI is InChI=1S/C13H12BrClNO2P/c1-19(17,16-12-4-2-3-10(14)9-12)18-13-7-5-11(15)6-8-13/h2-9H,1H3,(H,16,17)/t19-/m1/s1. The van der Waals surface area contributed by atoms with Crippen LogP contribution in [-0.2, 0) is 4.57 Å². The number of rotatable bonds is 4. The molecule has 0 fully saturated rings. The molecular formula is C13H12BrClNO2P. The van der Waals surface area contributed by atoms with Crippen LogP contribution in [0.1, 0.15) is 0 Å². The lowest BCUT2D eigenvalue weighted by Gasteiger charge is -2.17. The van der Waals surface area contributed by atoms with Gasteiger partial charge in [0.25, 0.3) is 0 Å². The molecule has 2 rings (SSSR count). The van der Waals surface area contributed by atoms with Gasteiger partial charge in [-0.3, -0.25) is 4.57 Å². The highest BCUT2D eigenvalue weighted by molar-refractivity contribution is 9.10. The molecule has 19 heavy (non-hydrogen) atoms. The van der Waals surface area contributed by atoms with Crippen molar-refractivity contribution in [2.75, 3.05) is 11.8 Å². The molecule has 0 aliphatic carbocycles. The molecule has 2 aromatic carbocycles. The molecule has 0 heterocycles. The Bertz CT molecular complexity index is 618. The van der Waals surface area contributed by atoms with E-state index in [2.05, 4.69) is 21.0 Å². The predicted molar refractivity (Wildman–Crippen MR) is 83.4 cm³/mol. The van der Waals surface area contributed by atoms with Crippen LogP contribution in [0, 0.1) is 0 Å². The van der Waals surface area contributed by atoms with Gasteiger partial charge in [0.2, 0.25) is 0 Å². The maximum atomic E-state index is 12.4. The minimum atomic E-state index is -2.99. The second-order valence-electron chi connectivity index (χ2n) is 4.01. The Hall–Kier alpha value is -0.960. The third-order valence-corrected chi connectivity index (χ3v) is 4.22. The van der Waals surface area contributed by atoms with Crippen molar-refractivity contribution in [2.45, 2.75) is 0 Å². The van der Waals surface area contributed by atoms with Crippen LogP contribution < -0.4 is 9.61 Å². The first-order valence-electron chi connectivity index (χ1n) is 5.51. The van der Waals surface area contributed by atoms with Crippen molar-refractivity contribution in [3.63, 3.8) is 0 Å². The number of hydrogen-bond donors (Lipinski definition) is 1. The monoisotopic (exact) mass is 359 g/mol. The van der Waals surface area contributed by atoms with Gasteiger partial charge in [0.1, 0.15) is 5.75 Å². The van der Waals surface area contributed by atoms with Gasteiger partial charge in [-0.15, -0.1) is 0 Å². The number of halogens is 2. The molecule has 0 radical (unpaired) electrons. The van der Waals surface area contributed by atoms with Crippen LogP contribution in [0.4, 0.5) is 5.69 Å². The molecule has 0 spiro atoms. The van der Waals surface area contributed by atoms with Crippen molar-refractivity contribution in [1.29, 1.82) is 0 Å². The highest BCUT2D eigenvalue weighted by Crippen LogP contribution is 2.43. The second-order valence-corrected chi connectivity index (χ2v) is 7.46. The van der Waals surface area contributed by atoms with Crippen LogP contribution in [0.5, 0.6) is 5.75 Å². The van der Waals surface area contributed by atoms with E-state index in [0.29, 0.717) is 10.8 Å². The first-order chi connectivity index (χ1) is 8.94. The molecule has 0 saturated heterocycles. The second kappa shape index (κ2) is 6.00. The normalized spacial score (nSPS) is 13.6. The maximum Gasteiger partial charge on any atom is 0.338 e. The summed E-state index contributed by atoms with van der Waals surface area (Å²) in [6, 6.07) is 14.2. The average Bonchev–Trinajstić information content (AvgIpc) is 2.31. The Labute approximate surface area is 125 Å². The number of anilines is 1. The van der Waals surface area contributed by atoms with Crippen molar-refractivity contribution in [1.82, 2.24) is 0 Å². The van der Waals surface area contributed by atoms with Crippen LogP contribution in [0.2, 0.25) is 5.02 Å². The number of benzene rings is 2. The number of nitrogens with one attached hydrogen (secondary N) is 1. The smallest absolute Gasteiger partial charge is 0.338 e. The summed E-state index contributed by atoms with van der Waals surface area (Å²) in [5.74, 6) is 0.512. The molecule has 0 bridgehead atoms. The van der Waals surface area contributed by atoms with Gasteiger partial charge in [0.15, 0.2) is 0 Å². The quantitative estimate of drug-likeness (QED) is 0.740. The van der Waals surface area contributed by atoms with E-state index >= 15 is 0 Å². The van der Waals surface area contributed by atoms with Gasteiger partial charge >= 0.3 is 7.52 Å². The molecule has 0 aliphatic heterocycles. The third kappa shape index (κ3) is 4.57. The van der Waals surface area contributed by atoms with E-state index in [1.54, 1.807) is 24.3 Å². The zero-order valence-electron chi connectivity index (χ0n) is 10.1. The minimum absolute atomic E-state index is 0.512. The average molecular weight is 361 g/mol. The van der Waals surface area contributed by atoms with Crippen LogP contribution in [0.3, 0.4) is 0 Å². The summed E-state index contributed by atoms with van der Waals surface area (Å²) in [6.45, 7) is 1.53. The number of hydrogen-bond acceptors (Lipinski definition) is 2. The summed E-state index contributed by atoms with van der Waals surface area (Å²) in [7, 11) is -2.99. The molecule has 0 aliphatic rings. The van der Waals surface area contributed by atoms with Crippen LogP contribution in [0.25, 0.3) is 0 Å². The van der Waals surface area contributed by atoms with Gasteiger partial charge in [0.05, 0.1) is 0 Å². The fraction of sp³-hybridized carbons (Fsp3) is 0.0769. The fourth-order valence-electron chi connectivity index (χ4n) is 1.51. The molecule has 0 aromatic heterocycles. The van der Waals surface area contributed by atoms with E-state index in [0.717, 1.165) is 10.2 Å². The zero-order chi connectivity index (χ0) is 13.9. The Morgan fingerprint density at radius 1 is 1.21 bits per heavy atom. The summed E-state index contributed by atoms with van der Waals surface area (Å²) >= 11 is 9.14. The molecule has 100 valence electrons. The first kappa shape index (κ1) is 14.4. The van der Waals surface area contributed by atoms with Crippen LogP contribution >= 0.6 is 35.1 Å². The summed E-state index contributed by atoms with van der Waals surface area (Å²) in [6.07, 6.45) is 0. The minimum Gasteiger partial charge on any atom is -0.429 e. The molecule has 3 nitrogen and oxygen atoms in total. The summed E-state index contributed by atoms with van der Waals surface area (Å²) < 4.78 is 18.7. The lowest BCUT2D eigenvalue weighted by molar-refractivity contribution is 0.493. The van der Waals surface area contributed by atoms with Crippen molar-refractivity contribution in [2.24, 2.45) is 0 Å². The van der Waals surface area contributed by atoms with Gasteiger partial charge < -0.3 is 9.61 Å². The molecule has 0 amide bonds. The summed E-state index contributed by atoms with van der Waals surface area (Å²) in [5, 5.41) is 3.50. The van der Waals surface area contributed by atoms with Crippen molar-refractivity contribution < 1.29 is 9.09 Å². The Kier molecular flexibility index (Phi) is 4.56. The van der Waals surface area contributed by atoms with Crippen LogP contribution in [-0.4, -0.2) is 6.66 Å². The molecule has 0 saturated carbocycles. The van der Waals surface area contributed by atoms with Gasteiger partial charge in [-0.2, -0.15) is 0 Å². The lowest BCUT2D eigenvalue weighted by Crippen LogP contribution is -2.02. The third-order valence-electron chi connectivity index (χ3n) is 2.25. The molecule has 6 heteroatoms. The SMILES string of the molecule is C[P@](=O)(Nc1cccc(Br)c1)Oc1ccc(Cl)cc1. The lowest BCUT2D eigenvalue weighted by atomic mass is 10.3. The van der Waals surface area contributed by atoms with Crippen molar-refractivity contribution in [3.05, 3.63) is 58.0 Å². The zero-order valence-corrected chi connectivity index (χ0v) is 13.4. The molecule has 1 atom stereocenters. The van der Waals surface area contributed by atoms with Crippen LogP contribution in [0.15, 0.2) is 53.0 Å². The van der Waals surface area contributed by atoms with Crippen molar-refractivity contribution in [3.8, 4) is 5.75 Å². The van der Waals surface area contributed by atoms with Gasteiger partial charge in [-0.05, 0) is 42.5 Å². The Morgan fingerprint density at radius 3 is 2.53 bits per heavy atom. The van der Waals surface area contributed by atoms with E-state index in [4.69, 9.17) is 16.1 Å². The van der Waals surface area contributed by atoms with Gasteiger partial charge in [0, 0.05) is 21.8 Å². The molecule has 1 N–H and O–H groups in total. The molecule has 0 unspecified atom stereocenters. The summed E-state index contributed by atoms with van der Waals surface area (Å²) in [5.41, 5.74) is 0.731. The van der Waals surface area contributed by atoms with E-state index < -0.39 is 7.52 Å². The Balaban J connectivity index is 2.10. The maximum absolute atomic E-state index is 12.4. The van der Waals surface area contributed by atoms with E-state index in [1.165, 1.54) is 6.66 Å². The first-order valence-corrected chi connectivity index (χ1v) is 8.75. The van der Waals surface area contributed by atoms with E-state index in [9.17, 15) is 4.57 Å². The largest absolute Gasteiger partial charge is 0.429 e. The summed E-state index contributed by atoms with van der Waals surface area (Å²) in [4.78, 5) is 0. The van der Waals surface area contributed by atoms with Crippen molar-refractivity contribution >= 4 is 40.7 Å². The van der Waals surface area contributed by atoms with E-state index in [1.807, 2.05) is 24.3 Å². The van der Waals surface area contributed by atoms with Gasteiger partial charge in [-0.1, -0.05) is 33.6 Å². The fourth-order valence-corrected chi connectivity index (χ4v) is 3.21. The Morgan fingerprint density at radius 2 is 1.89 bits per heavy atom. The van der Waals surface area contributed by atoms with E-state index in [-0.39, 0.29) is 0 Å². The van der Waals surface area contributed by atoms with Gasteiger partial charge in [-0.25, -0.2) is 0 Å². The predicted octanol–water partition coefficient (Wildman–Crippen LogP) is 5.42. The highest BCUT2D eigenvalue weighted by Gasteiger charge is 2.17. The topological polar surface area (TPSA) is 38.3 Å². The highest BCUT2D eigenvalue weighted by atomic mass is 79.9. The molecule has 2 aromatic rings. The molecular weight excluding hydrogens is 348 g/mol.